The van der Waals surface area contributed by atoms with Crippen LogP contribution in [0.25, 0.3) is 10.4 Å². The van der Waals surface area contributed by atoms with Gasteiger partial charge in [0.05, 0.1) is 19.3 Å². The van der Waals surface area contributed by atoms with E-state index in [2.05, 4.69) is 48.4 Å². The summed E-state index contributed by atoms with van der Waals surface area (Å²) in [6.07, 6.45) is 0.159. The molecule has 1 heterocycles. The minimum atomic E-state index is -0.465. The van der Waals surface area contributed by atoms with Gasteiger partial charge in [0.15, 0.2) is 0 Å². The number of nitrogens with zero attached hydrogens (tertiary/aromatic N) is 1. The molecule has 1 N–H and O–H groups in total. The molecular formula is C19H27NO2S. The number of hydrogen-bond acceptors (Lipinski definition) is 4. The predicted octanol–water partition coefficient (Wildman–Crippen LogP) is 3.68. The van der Waals surface area contributed by atoms with Crippen molar-refractivity contribution in [2.24, 2.45) is 0 Å². The van der Waals surface area contributed by atoms with Crippen molar-refractivity contribution >= 4 is 11.3 Å². The molecule has 0 aliphatic rings. The van der Waals surface area contributed by atoms with Crippen LogP contribution in [0.4, 0.5) is 0 Å². The molecule has 0 spiro atoms. The van der Waals surface area contributed by atoms with Gasteiger partial charge in [0, 0.05) is 17.8 Å². The van der Waals surface area contributed by atoms with Gasteiger partial charge < -0.3 is 14.7 Å². The van der Waals surface area contributed by atoms with Crippen LogP contribution in [0.15, 0.2) is 41.8 Å². The number of benzene rings is 1. The van der Waals surface area contributed by atoms with Gasteiger partial charge in [-0.05, 0) is 35.7 Å². The zero-order valence-corrected chi connectivity index (χ0v) is 14.9. The number of likely N-dealkylation sites (N-methyl/N-ethyl adjacent to an activating group) is 1. The summed E-state index contributed by atoms with van der Waals surface area (Å²) in [5.74, 6) is 0. The second-order valence-electron chi connectivity index (χ2n) is 5.59. The van der Waals surface area contributed by atoms with Crippen molar-refractivity contribution in [3.05, 3.63) is 47.3 Å². The Bertz CT molecular complexity index is 552. The molecule has 0 saturated heterocycles. The number of aliphatic hydroxyl groups excluding tert-OH is 1. The highest BCUT2D eigenvalue weighted by atomic mass is 32.1. The number of ether oxygens (including phenoxy) is 1. The van der Waals surface area contributed by atoms with E-state index in [0.29, 0.717) is 19.6 Å². The predicted molar refractivity (Wildman–Crippen MR) is 98.1 cm³/mol. The molecule has 0 bridgehead atoms. The molecule has 1 aromatic heterocycles. The molecule has 0 saturated carbocycles. The first-order chi connectivity index (χ1) is 11.2. The third-order valence-electron chi connectivity index (χ3n) is 4.02. The lowest BCUT2D eigenvalue weighted by Gasteiger charge is -2.19. The Kier molecular flexibility index (Phi) is 7.76. The van der Waals surface area contributed by atoms with Gasteiger partial charge in [-0.3, -0.25) is 0 Å². The van der Waals surface area contributed by atoms with Crippen LogP contribution < -0.4 is 0 Å². The molecule has 0 fully saturated rings. The highest BCUT2D eigenvalue weighted by Crippen LogP contribution is 2.28. The van der Waals surface area contributed by atoms with Crippen LogP contribution in [0.2, 0.25) is 0 Å². The van der Waals surface area contributed by atoms with Crippen molar-refractivity contribution in [1.29, 1.82) is 0 Å². The van der Waals surface area contributed by atoms with Crippen molar-refractivity contribution in [2.45, 2.75) is 26.4 Å². The third kappa shape index (κ3) is 5.74. The minimum absolute atomic E-state index is 0.389. The fourth-order valence-corrected chi connectivity index (χ4v) is 3.42. The zero-order chi connectivity index (χ0) is 16.5. The van der Waals surface area contributed by atoms with E-state index in [0.717, 1.165) is 19.6 Å². The Labute approximate surface area is 143 Å². The van der Waals surface area contributed by atoms with Crippen LogP contribution in [0.3, 0.4) is 0 Å². The van der Waals surface area contributed by atoms with E-state index in [4.69, 9.17) is 4.74 Å². The summed E-state index contributed by atoms with van der Waals surface area (Å²) >= 11 is 1.73. The molecular weight excluding hydrogens is 306 g/mol. The van der Waals surface area contributed by atoms with Gasteiger partial charge in [-0.15, -0.1) is 11.3 Å². The quantitative estimate of drug-likeness (QED) is 0.673. The van der Waals surface area contributed by atoms with E-state index in [-0.39, 0.29) is 0 Å². The first kappa shape index (κ1) is 18.1. The molecule has 3 nitrogen and oxygen atoms in total. The summed E-state index contributed by atoms with van der Waals surface area (Å²) in [5.41, 5.74) is 2.39. The second-order valence-corrected chi connectivity index (χ2v) is 6.54. The maximum Gasteiger partial charge on any atom is 0.0814 e. The summed E-state index contributed by atoms with van der Waals surface area (Å²) in [4.78, 5) is 3.56. The maximum atomic E-state index is 10.3. The normalized spacial score (nSPS) is 12.7. The minimum Gasteiger partial charge on any atom is -0.390 e. The number of aliphatic hydroxyl groups is 1. The van der Waals surface area contributed by atoms with Crippen molar-refractivity contribution in [2.75, 3.05) is 32.8 Å². The lowest BCUT2D eigenvalue weighted by atomic mass is 10.0. The first-order valence-electron chi connectivity index (χ1n) is 8.34. The lowest BCUT2D eigenvalue weighted by Crippen LogP contribution is -2.28. The highest BCUT2D eigenvalue weighted by molar-refractivity contribution is 7.13. The molecule has 0 unspecified atom stereocenters. The average molecular weight is 333 g/mol. The Balaban J connectivity index is 1.83. The van der Waals surface area contributed by atoms with Gasteiger partial charge >= 0.3 is 0 Å². The summed E-state index contributed by atoms with van der Waals surface area (Å²) in [6.45, 7) is 8.36. The average Bonchev–Trinajstić information content (AvgIpc) is 3.10. The third-order valence-corrected chi connectivity index (χ3v) is 4.92. The van der Waals surface area contributed by atoms with E-state index in [9.17, 15) is 5.11 Å². The molecule has 2 aromatic rings. The van der Waals surface area contributed by atoms with Gasteiger partial charge in [0.25, 0.3) is 0 Å². The SMILES string of the molecule is CCN(CC)CCOC[C@H](O)Cc1ccccc1-c1cccs1. The van der Waals surface area contributed by atoms with E-state index in [1.165, 1.54) is 16.0 Å². The van der Waals surface area contributed by atoms with E-state index >= 15 is 0 Å². The molecule has 2 rings (SSSR count). The Morgan fingerprint density at radius 2 is 1.91 bits per heavy atom. The molecule has 0 aliphatic carbocycles. The van der Waals surface area contributed by atoms with Gasteiger partial charge in [0.2, 0.25) is 0 Å². The van der Waals surface area contributed by atoms with Crippen molar-refractivity contribution in [3.63, 3.8) is 0 Å². The van der Waals surface area contributed by atoms with E-state index in [1.54, 1.807) is 11.3 Å². The van der Waals surface area contributed by atoms with Gasteiger partial charge in [0.1, 0.15) is 0 Å². The molecule has 1 aromatic carbocycles. The summed E-state index contributed by atoms with van der Waals surface area (Å²) < 4.78 is 5.64. The van der Waals surface area contributed by atoms with E-state index in [1.807, 2.05) is 12.1 Å². The molecule has 0 radical (unpaired) electrons. The van der Waals surface area contributed by atoms with Crippen molar-refractivity contribution in [1.82, 2.24) is 4.90 Å². The molecule has 1 atom stereocenters. The highest BCUT2D eigenvalue weighted by Gasteiger charge is 2.11. The fraction of sp³-hybridized carbons (Fsp3) is 0.474. The van der Waals surface area contributed by atoms with Crippen LogP contribution in [0.1, 0.15) is 19.4 Å². The molecule has 0 aliphatic heterocycles. The molecule has 126 valence electrons. The smallest absolute Gasteiger partial charge is 0.0814 e. The molecule has 0 amide bonds. The largest absolute Gasteiger partial charge is 0.390 e. The Morgan fingerprint density at radius 3 is 2.61 bits per heavy atom. The number of rotatable bonds is 10. The van der Waals surface area contributed by atoms with Crippen LogP contribution in [-0.4, -0.2) is 49.0 Å². The fourth-order valence-electron chi connectivity index (χ4n) is 2.64. The monoisotopic (exact) mass is 333 g/mol. The van der Waals surface area contributed by atoms with Crippen LogP contribution in [0.5, 0.6) is 0 Å². The lowest BCUT2D eigenvalue weighted by molar-refractivity contribution is 0.0285. The van der Waals surface area contributed by atoms with Crippen molar-refractivity contribution < 1.29 is 9.84 Å². The molecule has 23 heavy (non-hydrogen) atoms. The molecule has 4 heteroatoms. The standard InChI is InChI=1S/C19H27NO2S/c1-3-20(4-2)11-12-22-15-17(21)14-16-8-5-6-9-18(16)19-10-7-13-23-19/h5-10,13,17,21H,3-4,11-12,14-15H2,1-2H3/t17-/m1/s1. The van der Waals surface area contributed by atoms with Crippen molar-refractivity contribution in [3.8, 4) is 10.4 Å². The number of thiophene rings is 1. The summed E-state index contributed by atoms with van der Waals surface area (Å²) in [5, 5.41) is 12.4. The van der Waals surface area contributed by atoms with Crippen LogP contribution in [0, 0.1) is 0 Å². The van der Waals surface area contributed by atoms with Crippen LogP contribution in [-0.2, 0) is 11.2 Å². The second kappa shape index (κ2) is 9.83. The Hall–Kier alpha value is -1.20. The van der Waals surface area contributed by atoms with Crippen LogP contribution >= 0.6 is 11.3 Å². The van der Waals surface area contributed by atoms with Gasteiger partial charge in [-0.2, -0.15) is 0 Å². The summed E-state index contributed by atoms with van der Waals surface area (Å²) in [6, 6.07) is 12.5. The number of hydrogen-bond donors (Lipinski definition) is 1. The Morgan fingerprint density at radius 1 is 1.13 bits per heavy atom. The topological polar surface area (TPSA) is 32.7 Å². The van der Waals surface area contributed by atoms with Gasteiger partial charge in [-0.1, -0.05) is 44.2 Å². The zero-order valence-electron chi connectivity index (χ0n) is 14.1. The van der Waals surface area contributed by atoms with Gasteiger partial charge in [-0.25, -0.2) is 0 Å². The maximum absolute atomic E-state index is 10.3. The summed E-state index contributed by atoms with van der Waals surface area (Å²) in [7, 11) is 0. The first-order valence-corrected chi connectivity index (χ1v) is 9.22. The van der Waals surface area contributed by atoms with E-state index < -0.39 is 6.10 Å².